The Balaban J connectivity index is 1.50. The van der Waals surface area contributed by atoms with Crippen LogP contribution < -0.4 is 10.0 Å². The van der Waals surface area contributed by atoms with E-state index in [2.05, 4.69) is 10.0 Å². The number of hydrogen-bond donors (Lipinski definition) is 2. The molecule has 10 heteroatoms. The van der Waals surface area contributed by atoms with Gasteiger partial charge in [-0.2, -0.15) is 4.31 Å². The number of nitrogens with zero attached hydrogens (tertiary/aromatic N) is 1. The number of rotatable bonds is 7. The maximum absolute atomic E-state index is 13.0. The summed E-state index contributed by atoms with van der Waals surface area (Å²) in [6.45, 7) is 2.69. The van der Waals surface area contributed by atoms with E-state index in [0.717, 1.165) is 19.3 Å². The molecule has 0 saturated carbocycles. The van der Waals surface area contributed by atoms with Gasteiger partial charge in [0.15, 0.2) is 0 Å². The molecule has 35 heavy (non-hydrogen) atoms. The summed E-state index contributed by atoms with van der Waals surface area (Å²) in [5, 5.41) is 2.72. The lowest BCUT2D eigenvalue weighted by Gasteiger charge is -2.26. The molecular weight excluding hydrogens is 486 g/mol. The lowest BCUT2D eigenvalue weighted by molar-refractivity contribution is 0.102. The van der Waals surface area contributed by atoms with E-state index in [1.807, 2.05) is 0 Å². The van der Waals surface area contributed by atoms with Crippen molar-refractivity contribution in [2.24, 2.45) is 0 Å². The smallest absolute Gasteiger partial charge is 0.261 e. The van der Waals surface area contributed by atoms with Crippen molar-refractivity contribution < 1.29 is 21.6 Å². The highest BCUT2D eigenvalue weighted by atomic mass is 32.2. The molecule has 0 unspecified atom stereocenters. The van der Waals surface area contributed by atoms with Gasteiger partial charge in [-0.05, 0) is 73.9 Å². The topological polar surface area (TPSA) is 113 Å². The van der Waals surface area contributed by atoms with Gasteiger partial charge in [-0.25, -0.2) is 16.8 Å². The zero-order chi connectivity index (χ0) is 25.1. The summed E-state index contributed by atoms with van der Waals surface area (Å²) in [6.07, 6.45) is 2.66. The van der Waals surface area contributed by atoms with Crippen LogP contribution in [0.2, 0.25) is 0 Å². The Hall–Kier alpha value is -3.21. The van der Waals surface area contributed by atoms with Gasteiger partial charge in [0.1, 0.15) is 0 Å². The van der Waals surface area contributed by atoms with Gasteiger partial charge >= 0.3 is 0 Å². The number of benzene rings is 3. The zero-order valence-electron chi connectivity index (χ0n) is 19.3. The summed E-state index contributed by atoms with van der Waals surface area (Å²) in [4.78, 5) is 13.1. The molecule has 184 valence electrons. The Labute approximate surface area is 206 Å². The zero-order valence-corrected chi connectivity index (χ0v) is 20.9. The van der Waals surface area contributed by atoms with E-state index in [9.17, 15) is 21.6 Å². The molecule has 4 rings (SSSR count). The summed E-state index contributed by atoms with van der Waals surface area (Å²) in [6, 6.07) is 18.8. The van der Waals surface area contributed by atoms with Gasteiger partial charge in [0, 0.05) is 30.0 Å². The molecule has 3 aromatic rings. The van der Waals surface area contributed by atoms with Crippen molar-refractivity contribution in [2.45, 2.75) is 36.0 Å². The van der Waals surface area contributed by atoms with Crippen molar-refractivity contribution in [1.29, 1.82) is 0 Å². The highest BCUT2D eigenvalue weighted by Crippen LogP contribution is 2.24. The molecule has 1 amide bonds. The normalized spacial score (nSPS) is 14.9. The number of sulfonamides is 2. The van der Waals surface area contributed by atoms with Crippen LogP contribution in [0.3, 0.4) is 0 Å². The van der Waals surface area contributed by atoms with Crippen molar-refractivity contribution in [3.05, 3.63) is 83.9 Å². The average Bonchev–Trinajstić information content (AvgIpc) is 2.85. The monoisotopic (exact) mass is 513 g/mol. The molecule has 0 aliphatic carbocycles. The second kappa shape index (κ2) is 10.2. The van der Waals surface area contributed by atoms with Crippen molar-refractivity contribution in [3.63, 3.8) is 0 Å². The van der Waals surface area contributed by atoms with Gasteiger partial charge in [0.05, 0.1) is 9.79 Å². The van der Waals surface area contributed by atoms with E-state index >= 15 is 0 Å². The SMILES string of the molecule is Cc1ccc(S(=O)(=O)N2CCCCC2)cc1C(=O)Nc1ccc(S(=O)(=O)Nc2ccccc2)cc1. The number of amides is 1. The Kier molecular flexibility index (Phi) is 7.25. The van der Waals surface area contributed by atoms with E-state index < -0.39 is 26.0 Å². The van der Waals surface area contributed by atoms with Gasteiger partial charge in [0.2, 0.25) is 10.0 Å². The molecule has 1 saturated heterocycles. The van der Waals surface area contributed by atoms with Crippen molar-refractivity contribution in [2.75, 3.05) is 23.1 Å². The Morgan fingerprint density at radius 1 is 0.771 bits per heavy atom. The molecule has 1 aliphatic rings. The standard InChI is InChI=1S/C25H27N3O5S2/c1-19-10-13-23(35(32,33)28-16-6-3-7-17-28)18-24(19)25(29)26-20-11-14-22(15-12-20)34(30,31)27-21-8-4-2-5-9-21/h2,4-5,8-15,18,27H,3,6-7,16-17H2,1H3,(H,26,29). The Morgan fingerprint density at radius 2 is 1.40 bits per heavy atom. The van der Waals surface area contributed by atoms with Crippen LogP contribution in [0, 0.1) is 6.92 Å². The van der Waals surface area contributed by atoms with Crippen LogP contribution >= 0.6 is 0 Å². The number of piperidine rings is 1. The number of carbonyl (C=O) groups excluding carboxylic acids is 1. The molecule has 1 fully saturated rings. The van der Waals surface area contributed by atoms with Gasteiger partial charge in [0.25, 0.3) is 15.9 Å². The molecular formula is C25H27N3O5S2. The highest BCUT2D eigenvalue weighted by molar-refractivity contribution is 7.92. The molecule has 1 heterocycles. The first-order valence-electron chi connectivity index (χ1n) is 11.3. The van der Waals surface area contributed by atoms with Crippen LogP contribution in [0.25, 0.3) is 0 Å². The van der Waals surface area contributed by atoms with Crippen LogP contribution in [-0.2, 0) is 20.0 Å². The molecule has 0 bridgehead atoms. The predicted molar refractivity (Wildman–Crippen MR) is 135 cm³/mol. The second-order valence-electron chi connectivity index (χ2n) is 8.39. The van der Waals surface area contributed by atoms with Gasteiger partial charge < -0.3 is 5.32 Å². The largest absolute Gasteiger partial charge is 0.322 e. The van der Waals surface area contributed by atoms with Crippen molar-refractivity contribution in [1.82, 2.24) is 4.31 Å². The average molecular weight is 514 g/mol. The van der Waals surface area contributed by atoms with Crippen LogP contribution in [0.1, 0.15) is 35.2 Å². The molecule has 2 N–H and O–H groups in total. The molecule has 1 aliphatic heterocycles. The number of hydrogen-bond acceptors (Lipinski definition) is 5. The minimum Gasteiger partial charge on any atom is -0.322 e. The molecule has 8 nitrogen and oxygen atoms in total. The summed E-state index contributed by atoms with van der Waals surface area (Å²) in [5.41, 5.74) is 1.70. The van der Waals surface area contributed by atoms with Gasteiger partial charge in [-0.1, -0.05) is 30.7 Å². The van der Waals surface area contributed by atoms with Gasteiger partial charge in [-0.3, -0.25) is 9.52 Å². The molecule has 0 aromatic heterocycles. The highest BCUT2D eigenvalue weighted by Gasteiger charge is 2.27. The van der Waals surface area contributed by atoms with Gasteiger partial charge in [-0.15, -0.1) is 0 Å². The summed E-state index contributed by atoms with van der Waals surface area (Å²) < 4.78 is 55.2. The minimum atomic E-state index is -3.78. The molecule has 0 radical (unpaired) electrons. The lowest BCUT2D eigenvalue weighted by atomic mass is 10.1. The van der Waals surface area contributed by atoms with E-state index in [4.69, 9.17) is 0 Å². The number of carbonyl (C=O) groups is 1. The maximum Gasteiger partial charge on any atom is 0.261 e. The number of nitrogens with one attached hydrogen (secondary N) is 2. The first-order chi connectivity index (χ1) is 16.7. The maximum atomic E-state index is 13.0. The number of para-hydroxylation sites is 1. The van der Waals surface area contributed by atoms with Crippen LogP contribution in [0.15, 0.2) is 82.6 Å². The van der Waals surface area contributed by atoms with E-state index in [1.54, 1.807) is 43.3 Å². The van der Waals surface area contributed by atoms with E-state index in [1.165, 1.54) is 40.7 Å². The number of aryl methyl sites for hydroxylation is 1. The second-order valence-corrected chi connectivity index (χ2v) is 12.0. The first-order valence-corrected chi connectivity index (χ1v) is 14.2. The fraction of sp³-hybridized carbons (Fsp3) is 0.240. The predicted octanol–water partition coefficient (Wildman–Crippen LogP) is 4.22. The molecule has 0 spiro atoms. The Bertz CT molecular complexity index is 1420. The third-order valence-corrected chi connectivity index (χ3v) is 9.15. The summed E-state index contributed by atoms with van der Waals surface area (Å²) in [5.74, 6) is -0.476. The van der Waals surface area contributed by atoms with Crippen molar-refractivity contribution in [3.8, 4) is 0 Å². The van der Waals surface area contributed by atoms with E-state index in [0.29, 0.717) is 30.0 Å². The van der Waals surface area contributed by atoms with E-state index in [-0.39, 0.29) is 15.4 Å². The minimum absolute atomic E-state index is 0.0464. The Morgan fingerprint density at radius 3 is 2.06 bits per heavy atom. The van der Waals surface area contributed by atoms with Crippen molar-refractivity contribution >= 4 is 37.3 Å². The molecule has 3 aromatic carbocycles. The van der Waals surface area contributed by atoms with Crippen LogP contribution in [0.4, 0.5) is 11.4 Å². The van der Waals surface area contributed by atoms with Crippen LogP contribution in [0.5, 0.6) is 0 Å². The first kappa shape index (κ1) is 24.9. The fourth-order valence-corrected chi connectivity index (χ4v) is 6.50. The summed E-state index contributed by atoms with van der Waals surface area (Å²) in [7, 11) is -7.46. The fourth-order valence-electron chi connectivity index (χ4n) is 3.90. The summed E-state index contributed by atoms with van der Waals surface area (Å²) >= 11 is 0. The quantitative estimate of drug-likeness (QED) is 0.491. The molecule has 0 atom stereocenters. The number of anilines is 2. The van der Waals surface area contributed by atoms with Crippen LogP contribution in [-0.4, -0.2) is 40.1 Å². The lowest BCUT2D eigenvalue weighted by Crippen LogP contribution is -2.35. The third kappa shape index (κ3) is 5.72. The third-order valence-electron chi connectivity index (χ3n) is 5.85.